The van der Waals surface area contributed by atoms with Crippen molar-refractivity contribution in [1.82, 2.24) is 10.4 Å². The fourth-order valence-electron chi connectivity index (χ4n) is 4.17. The number of methoxy groups -OCH3 is 1. The molecule has 0 unspecified atom stereocenters. The van der Waals surface area contributed by atoms with Gasteiger partial charge in [-0.15, -0.1) is 0 Å². The first kappa shape index (κ1) is 28.9. The lowest BCUT2D eigenvalue weighted by Gasteiger charge is -2.09. The maximum atomic E-state index is 13.4. The molecule has 1 amide bonds. The molecular formula is C30H19Br2Cl2N3O4. The Hall–Kier alpha value is -3.63. The van der Waals surface area contributed by atoms with Crippen LogP contribution in [0.2, 0.25) is 10.0 Å². The van der Waals surface area contributed by atoms with Crippen molar-refractivity contribution >= 4 is 84.1 Å². The zero-order chi connectivity index (χ0) is 29.1. The van der Waals surface area contributed by atoms with Crippen molar-refractivity contribution < 1.29 is 19.1 Å². The van der Waals surface area contributed by atoms with Gasteiger partial charge < -0.3 is 14.5 Å². The van der Waals surface area contributed by atoms with Crippen molar-refractivity contribution in [2.24, 2.45) is 5.10 Å². The molecular weight excluding hydrogens is 697 g/mol. The van der Waals surface area contributed by atoms with Gasteiger partial charge in [-0.2, -0.15) is 5.10 Å². The first-order valence-corrected chi connectivity index (χ1v) is 14.3. The van der Waals surface area contributed by atoms with E-state index in [9.17, 15) is 9.59 Å². The van der Waals surface area contributed by atoms with Gasteiger partial charge in [-0.05, 0) is 54.6 Å². The lowest BCUT2D eigenvalue weighted by molar-refractivity contribution is 0.0733. The summed E-state index contributed by atoms with van der Waals surface area (Å²) in [5.74, 6) is -0.320. The van der Waals surface area contributed by atoms with E-state index in [0.717, 1.165) is 8.95 Å². The van der Waals surface area contributed by atoms with Gasteiger partial charge in [-0.1, -0.05) is 79.3 Å². The number of nitrogens with one attached hydrogen (secondary N) is 2. The number of halogens is 4. The molecule has 0 bridgehead atoms. The van der Waals surface area contributed by atoms with E-state index in [1.807, 2.05) is 24.3 Å². The molecule has 11 heteroatoms. The first-order valence-electron chi connectivity index (χ1n) is 12.0. The number of nitrogens with zero attached hydrogens (tertiary/aromatic N) is 1. The monoisotopic (exact) mass is 713 g/mol. The normalized spacial score (nSPS) is 11.1. The van der Waals surface area contributed by atoms with Crippen LogP contribution in [0.3, 0.4) is 0 Å². The van der Waals surface area contributed by atoms with Gasteiger partial charge in [0.2, 0.25) is 0 Å². The summed E-state index contributed by atoms with van der Waals surface area (Å²) in [5.41, 5.74) is 5.36. The molecule has 41 heavy (non-hydrogen) atoms. The zero-order valence-electron chi connectivity index (χ0n) is 21.2. The van der Waals surface area contributed by atoms with Gasteiger partial charge in [-0.25, -0.2) is 10.2 Å². The van der Waals surface area contributed by atoms with E-state index in [0.29, 0.717) is 49.0 Å². The second-order valence-electron chi connectivity index (χ2n) is 8.67. The minimum Gasteiger partial charge on any atom is -0.497 e. The van der Waals surface area contributed by atoms with Crippen LogP contribution in [0.4, 0.5) is 0 Å². The molecule has 2 N–H and O–H groups in total. The summed E-state index contributed by atoms with van der Waals surface area (Å²) in [4.78, 5) is 29.3. The Bertz CT molecular complexity index is 1840. The van der Waals surface area contributed by atoms with Crippen LogP contribution in [-0.2, 0) is 0 Å². The molecule has 1 heterocycles. The molecule has 0 saturated heterocycles. The number of aromatic nitrogens is 1. The number of hydrazone groups is 1. The third-order valence-corrected chi connectivity index (χ3v) is 7.62. The number of ether oxygens (including phenoxy) is 2. The Morgan fingerprint density at radius 3 is 2.51 bits per heavy atom. The molecule has 0 aliphatic heterocycles. The summed E-state index contributed by atoms with van der Waals surface area (Å²) in [6.45, 7) is 0. The summed E-state index contributed by atoms with van der Waals surface area (Å²) in [6.07, 6.45) is 1.39. The number of carbonyl (C=O) groups excluding carboxylic acids is 2. The van der Waals surface area contributed by atoms with E-state index in [2.05, 4.69) is 47.4 Å². The fourth-order valence-corrected chi connectivity index (χ4v) is 5.64. The molecule has 0 aliphatic rings. The number of esters is 1. The highest BCUT2D eigenvalue weighted by atomic mass is 79.9. The third-order valence-electron chi connectivity index (χ3n) is 6.04. The average molecular weight is 716 g/mol. The number of benzene rings is 4. The smallest absolute Gasteiger partial charge is 0.343 e. The van der Waals surface area contributed by atoms with Gasteiger partial charge in [0.15, 0.2) is 0 Å². The maximum Gasteiger partial charge on any atom is 0.343 e. The number of hydrogen-bond acceptors (Lipinski definition) is 5. The Morgan fingerprint density at radius 2 is 1.73 bits per heavy atom. The highest BCUT2D eigenvalue weighted by Crippen LogP contribution is 2.40. The number of carbonyl (C=O) groups is 2. The Morgan fingerprint density at radius 1 is 0.927 bits per heavy atom. The van der Waals surface area contributed by atoms with Crippen LogP contribution in [0.1, 0.15) is 26.4 Å². The Kier molecular flexibility index (Phi) is 8.79. The molecule has 5 rings (SSSR count). The molecule has 0 spiro atoms. The molecule has 0 aliphatic carbocycles. The summed E-state index contributed by atoms with van der Waals surface area (Å²) in [6, 6.07) is 22.5. The number of H-pyrrole nitrogens is 1. The predicted octanol–water partition coefficient (Wildman–Crippen LogP) is 8.66. The van der Waals surface area contributed by atoms with E-state index in [4.69, 9.17) is 32.7 Å². The minimum atomic E-state index is -0.574. The quantitative estimate of drug-likeness (QED) is 0.0764. The van der Waals surface area contributed by atoms with Crippen LogP contribution >= 0.6 is 55.1 Å². The topological polar surface area (TPSA) is 92.8 Å². The van der Waals surface area contributed by atoms with Crippen molar-refractivity contribution in [3.05, 3.63) is 115 Å². The van der Waals surface area contributed by atoms with E-state index < -0.39 is 11.9 Å². The van der Waals surface area contributed by atoms with Gasteiger partial charge >= 0.3 is 5.97 Å². The van der Waals surface area contributed by atoms with Gasteiger partial charge in [0.25, 0.3) is 5.91 Å². The van der Waals surface area contributed by atoms with Crippen molar-refractivity contribution in [3.8, 4) is 22.6 Å². The lowest BCUT2D eigenvalue weighted by atomic mass is 10.0. The molecule has 0 saturated carbocycles. The van der Waals surface area contributed by atoms with E-state index in [1.54, 1.807) is 54.6 Å². The third kappa shape index (κ3) is 6.33. The molecule has 0 radical (unpaired) electrons. The first-order chi connectivity index (χ1) is 19.7. The number of fused-ring (bicyclic) bond motifs is 1. The number of hydrogen-bond donors (Lipinski definition) is 2. The summed E-state index contributed by atoms with van der Waals surface area (Å²) in [7, 11) is 1.52. The fraction of sp³-hybridized carbons (Fsp3) is 0.0333. The molecule has 7 nitrogen and oxygen atoms in total. The van der Waals surface area contributed by atoms with Gasteiger partial charge in [0.1, 0.15) is 17.2 Å². The SMILES string of the molecule is COc1cccc(C(=O)Oc2ccc(Br)cc2C=NNC(=O)c2[nH]c3c(Cl)cc(Br)cc3c2-c2ccccc2Cl)c1. The second-order valence-corrected chi connectivity index (χ2v) is 11.3. The summed E-state index contributed by atoms with van der Waals surface area (Å²) >= 11 is 19.9. The lowest BCUT2D eigenvalue weighted by Crippen LogP contribution is -2.19. The highest BCUT2D eigenvalue weighted by Gasteiger charge is 2.22. The van der Waals surface area contributed by atoms with E-state index in [-0.39, 0.29) is 11.4 Å². The standard InChI is InChI=1S/C30H19Br2Cl2N3O4/c1-40-20-6-4-5-16(12-20)30(39)41-25-10-9-18(31)11-17(25)15-35-37-29(38)28-26(21-7-2-3-8-23(21)33)22-13-19(32)14-24(34)27(22)36-28/h2-15,36H,1H3,(H,37,38). The number of amides is 1. The largest absolute Gasteiger partial charge is 0.497 e. The minimum absolute atomic E-state index is 0.226. The Balaban J connectivity index is 1.44. The summed E-state index contributed by atoms with van der Waals surface area (Å²) < 4.78 is 12.3. The van der Waals surface area contributed by atoms with E-state index >= 15 is 0 Å². The van der Waals surface area contributed by atoms with E-state index in [1.165, 1.54) is 13.3 Å². The van der Waals surface area contributed by atoms with Crippen LogP contribution in [0.25, 0.3) is 22.0 Å². The molecule has 206 valence electrons. The zero-order valence-corrected chi connectivity index (χ0v) is 25.9. The van der Waals surface area contributed by atoms with Crippen LogP contribution in [-0.4, -0.2) is 30.2 Å². The van der Waals surface area contributed by atoms with Crippen LogP contribution in [0.5, 0.6) is 11.5 Å². The van der Waals surface area contributed by atoms with Gasteiger partial charge in [-0.3, -0.25) is 4.79 Å². The van der Waals surface area contributed by atoms with Crippen molar-refractivity contribution in [2.75, 3.05) is 7.11 Å². The van der Waals surface area contributed by atoms with Gasteiger partial charge in [0, 0.05) is 36.0 Å². The average Bonchev–Trinajstić information content (AvgIpc) is 3.34. The van der Waals surface area contributed by atoms with Gasteiger partial charge in [0.05, 0.1) is 29.4 Å². The molecule has 1 aromatic heterocycles. The van der Waals surface area contributed by atoms with Crippen LogP contribution in [0.15, 0.2) is 92.9 Å². The maximum absolute atomic E-state index is 13.4. The molecule has 0 atom stereocenters. The van der Waals surface area contributed by atoms with Crippen LogP contribution < -0.4 is 14.9 Å². The number of rotatable bonds is 7. The highest BCUT2D eigenvalue weighted by molar-refractivity contribution is 9.10. The predicted molar refractivity (Wildman–Crippen MR) is 169 cm³/mol. The van der Waals surface area contributed by atoms with Crippen LogP contribution in [0, 0.1) is 0 Å². The summed E-state index contributed by atoms with van der Waals surface area (Å²) in [5, 5.41) is 5.76. The van der Waals surface area contributed by atoms with Crippen molar-refractivity contribution in [3.63, 3.8) is 0 Å². The molecule has 0 fully saturated rings. The molecule has 5 aromatic rings. The Labute approximate surface area is 261 Å². The van der Waals surface area contributed by atoms with Crippen molar-refractivity contribution in [1.29, 1.82) is 0 Å². The van der Waals surface area contributed by atoms with Crippen molar-refractivity contribution in [2.45, 2.75) is 0 Å². The second kappa shape index (κ2) is 12.5. The molecule has 4 aromatic carbocycles. The number of aromatic amines is 1.